The van der Waals surface area contributed by atoms with E-state index in [1.807, 2.05) is 32.9 Å². The Morgan fingerprint density at radius 1 is 0.765 bits per heavy atom. The number of likely N-dealkylation sites (tertiary alicyclic amines) is 1. The van der Waals surface area contributed by atoms with Crippen molar-refractivity contribution in [2.75, 3.05) is 65.4 Å². The molecule has 0 unspecified atom stereocenters. The van der Waals surface area contributed by atoms with Crippen molar-refractivity contribution in [3.63, 3.8) is 0 Å². The van der Waals surface area contributed by atoms with Gasteiger partial charge in [-0.3, -0.25) is 9.59 Å². The highest BCUT2D eigenvalue weighted by Crippen LogP contribution is 2.39. The SMILES string of the molecule is CC(C)(C)OC(=O)N1CC[C@H](Oc2ccc(C(=O)N3CCN(C(=O)c4cccc(F)c4OC(=O)N4CCNCC4)CC3)cc2C2CCCCC2)C1. The predicted molar refractivity (Wildman–Crippen MR) is 188 cm³/mol. The van der Waals surface area contributed by atoms with E-state index in [1.54, 1.807) is 20.8 Å². The van der Waals surface area contributed by atoms with Crippen molar-refractivity contribution in [3.05, 3.63) is 58.9 Å². The molecule has 4 fully saturated rings. The summed E-state index contributed by atoms with van der Waals surface area (Å²) in [6.45, 7) is 9.74. The molecule has 0 aromatic heterocycles. The van der Waals surface area contributed by atoms with Crippen molar-refractivity contribution in [1.82, 2.24) is 24.9 Å². The summed E-state index contributed by atoms with van der Waals surface area (Å²) >= 11 is 0. The van der Waals surface area contributed by atoms with Crippen LogP contribution in [0.5, 0.6) is 11.5 Å². The monoisotopic (exact) mass is 707 g/mol. The Morgan fingerprint density at radius 3 is 2.14 bits per heavy atom. The maximum absolute atomic E-state index is 14.9. The predicted octanol–water partition coefficient (Wildman–Crippen LogP) is 5.26. The van der Waals surface area contributed by atoms with Crippen LogP contribution < -0.4 is 14.8 Å². The standard InChI is InChI=1S/C38H50FN5O7/c1-38(2,3)51-37(48)44-17-14-28(25-44)49-32-13-12-27(24-30(32)26-8-5-4-6-9-26)34(45)41-20-22-42(23-21-41)35(46)29-10-7-11-31(39)33(29)50-36(47)43-18-15-40-16-19-43/h7,10-13,24,26,28,40H,4-6,8-9,14-23,25H2,1-3H3/t28-/m0/s1. The summed E-state index contributed by atoms with van der Waals surface area (Å²) < 4.78 is 32.4. The zero-order chi connectivity index (χ0) is 36.1. The van der Waals surface area contributed by atoms with Gasteiger partial charge in [0.05, 0.1) is 12.1 Å². The first kappa shape index (κ1) is 36.4. The highest BCUT2D eigenvalue weighted by Gasteiger charge is 2.33. The van der Waals surface area contributed by atoms with E-state index in [0.717, 1.165) is 43.1 Å². The number of halogens is 1. The average molecular weight is 708 g/mol. The van der Waals surface area contributed by atoms with Gasteiger partial charge in [0.25, 0.3) is 11.8 Å². The van der Waals surface area contributed by atoms with Gasteiger partial charge in [-0.25, -0.2) is 14.0 Å². The molecule has 1 N–H and O–H groups in total. The van der Waals surface area contributed by atoms with Crippen LogP contribution in [0.1, 0.15) is 91.5 Å². The third kappa shape index (κ3) is 8.92. The molecular formula is C38H50FN5O7. The van der Waals surface area contributed by atoms with E-state index in [1.165, 1.54) is 23.5 Å². The third-order valence-electron chi connectivity index (χ3n) is 10.0. The topological polar surface area (TPSA) is 121 Å². The summed E-state index contributed by atoms with van der Waals surface area (Å²) in [5.74, 6) is -0.708. The van der Waals surface area contributed by atoms with E-state index < -0.39 is 23.4 Å². The van der Waals surface area contributed by atoms with Gasteiger partial charge in [-0.05, 0) is 75.4 Å². The largest absolute Gasteiger partial charge is 0.488 e. The van der Waals surface area contributed by atoms with E-state index in [9.17, 15) is 23.6 Å². The van der Waals surface area contributed by atoms with Crippen LogP contribution >= 0.6 is 0 Å². The van der Waals surface area contributed by atoms with Crippen LogP contribution in [-0.4, -0.2) is 121 Å². The molecule has 13 heteroatoms. The first-order chi connectivity index (χ1) is 24.5. The molecule has 2 aromatic carbocycles. The minimum atomic E-state index is -0.785. The van der Waals surface area contributed by atoms with Crippen LogP contribution in [0.4, 0.5) is 14.0 Å². The van der Waals surface area contributed by atoms with Gasteiger partial charge < -0.3 is 39.1 Å². The van der Waals surface area contributed by atoms with Crippen LogP contribution in [0.25, 0.3) is 0 Å². The van der Waals surface area contributed by atoms with Gasteiger partial charge in [0, 0.05) is 70.9 Å². The number of benzene rings is 2. The smallest absolute Gasteiger partial charge is 0.415 e. The highest BCUT2D eigenvalue weighted by atomic mass is 19.1. The molecular weight excluding hydrogens is 657 g/mol. The number of nitrogens with one attached hydrogen (secondary N) is 1. The molecule has 0 bridgehead atoms. The molecule has 4 aliphatic rings. The molecule has 4 amide bonds. The molecule has 0 spiro atoms. The number of carbonyl (C=O) groups is 4. The lowest BCUT2D eigenvalue weighted by Gasteiger charge is -2.35. The molecule has 276 valence electrons. The molecule has 1 aliphatic carbocycles. The van der Waals surface area contributed by atoms with Crippen molar-refractivity contribution in [2.45, 2.75) is 76.9 Å². The minimum Gasteiger partial charge on any atom is -0.488 e. The number of piperazine rings is 2. The number of ether oxygens (including phenoxy) is 3. The van der Waals surface area contributed by atoms with Crippen LogP contribution in [0.3, 0.4) is 0 Å². The molecule has 3 aliphatic heterocycles. The van der Waals surface area contributed by atoms with Gasteiger partial charge in [0.2, 0.25) is 0 Å². The van der Waals surface area contributed by atoms with Gasteiger partial charge in [-0.15, -0.1) is 0 Å². The van der Waals surface area contributed by atoms with Crippen molar-refractivity contribution in [3.8, 4) is 11.5 Å². The fraction of sp³-hybridized carbons (Fsp3) is 0.579. The van der Waals surface area contributed by atoms with Gasteiger partial charge in [0.1, 0.15) is 17.5 Å². The van der Waals surface area contributed by atoms with Crippen molar-refractivity contribution < 1.29 is 37.8 Å². The summed E-state index contributed by atoms with van der Waals surface area (Å²) in [6, 6.07) is 9.70. The average Bonchev–Trinajstić information content (AvgIpc) is 3.61. The maximum Gasteiger partial charge on any atom is 0.415 e. The molecule has 6 rings (SSSR count). The van der Waals surface area contributed by atoms with Gasteiger partial charge in [-0.2, -0.15) is 0 Å². The Hall–Kier alpha value is -4.39. The summed E-state index contributed by atoms with van der Waals surface area (Å²) in [6.07, 6.45) is 4.98. The number of para-hydroxylation sites is 1. The number of rotatable bonds is 6. The lowest BCUT2D eigenvalue weighted by molar-refractivity contribution is 0.0275. The highest BCUT2D eigenvalue weighted by molar-refractivity contribution is 5.98. The van der Waals surface area contributed by atoms with E-state index in [2.05, 4.69) is 5.32 Å². The van der Waals surface area contributed by atoms with Crippen LogP contribution in [0.15, 0.2) is 36.4 Å². The first-order valence-corrected chi connectivity index (χ1v) is 18.3. The molecule has 0 radical (unpaired) electrons. The zero-order valence-electron chi connectivity index (χ0n) is 30.0. The van der Waals surface area contributed by atoms with Crippen LogP contribution in [-0.2, 0) is 4.74 Å². The van der Waals surface area contributed by atoms with Crippen molar-refractivity contribution >= 4 is 24.0 Å². The van der Waals surface area contributed by atoms with Gasteiger partial charge >= 0.3 is 12.2 Å². The van der Waals surface area contributed by atoms with E-state index in [-0.39, 0.29) is 48.4 Å². The Bertz CT molecular complexity index is 1590. The number of hydrogen-bond donors (Lipinski definition) is 1. The molecule has 12 nitrogen and oxygen atoms in total. The first-order valence-electron chi connectivity index (χ1n) is 18.3. The molecule has 1 atom stereocenters. The molecule has 2 aromatic rings. The molecule has 3 heterocycles. The number of carbonyl (C=O) groups excluding carboxylic acids is 4. The van der Waals surface area contributed by atoms with Gasteiger partial charge in [0.15, 0.2) is 11.6 Å². The van der Waals surface area contributed by atoms with Gasteiger partial charge in [-0.1, -0.05) is 25.3 Å². The van der Waals surface area contributed by atoms with Crippen molar-refractivity contribution in [2.24, 2.45) is 0 Å². The number of hydrogen-bond acceptors (Lipinski definition) is 8. The lowest BCUT2D eigenvalue weighted by Crippen LogP contribution is -2.50. The second-order valence-electron chi connectivity index (χ2n) is 14.8. The van der Waals surface area contributed by atoms with E-state index >= 15 is 0 Å². The Kier molecular flexibility index (Phi) is 11.3. The summed E-state index contributed by atoms with van der Waals surface area (Å²) in [5.41, 5.74) is 0.999. The quantitative estimate of drug-likeness (QED) is 0.432. The fourth-order valence-electron chi connectivity index (χ4n) is 7.26. The Labute approximate surface area is 299 Å². The van der Waals surface area contributed by atoms with Crippen LogP contribution in [0, 0.1) is 5.82 Å². The summed E-state index contributed by atoms with van der Waals surface area (Å²) in [7, 11) is 0. The summed E-state index contributed by atoms with van der Waals surface area (Å²) in [4.78, 5) is 59.3. The maximum atomic E-state index is 14.9. The summed E-state index contributed by atoms with van der Waals surface area (Å²) in [5, 5.41) is 3.15. The molecule has 3 saturated heterocycles. The lowest BCUT2D eigenvalue weighted by atomic mass is 9.83. The number of nitrogens with zero attached hydrogens (tertiary/aromatic N) is 4. The van der Waals surface area contributed by atoms with E-state index in [0.29, 0.717) is 64.3 Å². The minimum absolute atomic E-state index is 0.0255. The molecule has 1 saturated carbocycles. The van der Waals surface area contributed by atoms with Crippen LogP contribution in [0.2, 0.25) is 0 Å². The zero-order valence-corrected chi connectivity index (χ0v) is 30.0. The second kappa shape index (κ2) is 15.9. The fourth-order valence-corrected chi connectivity index (χ4v) is 7.26. The number of amides is 4. The normalized spacial score (nSPS) is 20.3. The molecule has 51 heavy (non-hydrogen) atoms. The Balaban J connectivity index is 1.10. The third-order valence-corrected chi connectivity index (χ3v) is 10.0. The Morgan fingerprint density at radius 2 is 1.45 bits per heavy atom. The van der Waals surface area contributed by atoms with Crippen molar-refractivity contribution in [1.29, 1.82) is 0 Å². The second-order valence-corrected chi connectivity index (χ2v) is 14.8. The van der Waals surface area contributed by atoms with E-state index in [4.69, 9.17) is 14.2 Å².